The molecule has 1 aliphatic rings. The Labute approximate surface area is 216 Å². The molecule has 0 aromatic heterocycles. The molecule has 35 heavy (non-hydrogen) atoms. The zero-order valence-electron chi connectivity index (χ0n) is 22.1. The van der Waals surface area contributed by atoms with Crippen LogP contribution in [0.2, 0.25) is 0 Å². The van der Waals surface area contributed by atoms with Crippen molar-refractivity contribution in [2.45, 2.75) is 66.2 Å². The quantitative estimate of drug-likeness (QED) is 0.309. The molecule has 0 N–H and O–H groups in total. The van der Waals surface area contributed by atoms with Crippen LogP contribution in [0.5, 0.6) is 11.5 Å². The van der Waals surface area contributed by atoms with Crippen molar-refractivity contribution < 1.29 is 7.58 Å². The third-order valence-electron chi connectivity index (χ3n) is 6.24. The average Bonchev–Trinajstić information content (AvgIpc) is 2.78. The molecule has 0 amide bonds. The van der Waals surface area contributed by atoms with E-state index in [4.69, 9.17) is 17.6 Å². The van der Waals surface area contributed by atoms with Crippen molar-refractivity contribution in [3.05, 3.63) is 81.9 Å². The molecule has 0 fully saturated rings. The summed E-state index contributed by atoms with van der Waals surface area (Å²) in [6.07, 6.45) is 3.78. The highest BCUT2D eigenvalue weighted by Crippen LogP contribution is 2.35. The normalized spacial score (nSPS) is 13.6. The topological polar surface area (TPSA) is 43.2 Å². The molecule has 5 heteroatoms. The maximum Gasteiger partial charge on any atom is 0.881 e. The molecule has 4 nitrogen and oxygen atoms in total. The predicted octanol–water partition coefficient (Wildman–Crippen LogP) is 7.71. The summed E-state index contributed by atoms with van der Waals surface area (Å²) in [4.78, 5) is 9.67. The number of hydrogen-bond acceptors (Lipinski definition) is 4. The van der Waals surface area contributed by atoms with Crippen LogP contribution in [0.15, 0.2) is 58.5 Å². The zero-order valence-corrected chi connectivity index (χ0v) is 23.2. The molecule has 0 saturated carbocycles. The monoisotopic (exact) mass is 481 g/mol. The van der Waals surface area contributed by atoms with Gasteiger partial charge in [0.2, 0.25) is 0 Å². The van der Waals surface area contributed by atoms with Gasteiger partial charge in [0.15, 0.2) is 0 Å². The molecule has 3 aromatic carbocycles. The molecule has 0 bridgehead atoms. The molecular weight excluding hydrogens is 447 g/mol. The number of rotatable bonds is 0. The first kappa shape index (κ1) is 25.2. The molecular formula is C30H34AlN2O2. The fourth-order valence-electron chi connectivity index (χ4n) is 4.06. The Bertz CT molecular complexity index is 1210. The molecule has 3 aromatic rings. The third kappa shape index (κ3) is 5.69. The van der Waals surface area contributed by atoms with Gasteiger partial charge in [-0.05, 0) is 71.2 Å². The van der Waals surface area contributed by atoms with Crippen LogP contribution in [0, 0.1) is 13.8 Å². The second-order valence-corrected chi connectivity index (χ2v) is 11.9. The summed E-state index contributed by atoms with van der Waals surface area (Å²) in [7, 11) is 0. The van der Waals surface area contributed by atoms with Crippen LogP contribution in [0.25, 0.3) is 0 Å². The lowest BCUT2D eigenvalue weighted by molar-refractivity contribution is 0.453. The molecule has 1 aliphatic heterocycles. The molecule has 0 saturated heterocycles. The number of aryl methyl sites for hydroxylation is 2. The molecule has 4 rings (SSSR count). The zero-order chi connectivity index (χ0) is 25.4. The molecule has 0 spiro atoms. The van der Waals surface area contributed by atoms with Gasteiger partial charge >= 0.3 is 15.9 Å². The molecule has 0 atom stereocenters. The summed E-state index contributed by atoms with van der Waals surface area (Å²) in [6, 6.07) is 16.7. The summed E-state index contributed by atoms with van der Waals surface area (Å²) < 4.78 is 12.6. The lowest BCUT2D eigenvalue weighted by Crippen LogP contribution is -2.17. The van der Waals surface area contributed by atoms with E-state index in [9.17, 15) is 0 Å². The largest absolute Gasteiger partial charge is 0.881 e. The van der Waals surface area contributed by atoms with E-state index in [2.05, 4.69) is 79.7 Å². The van der Waals surface area contributed by atoms with Gasteiger partial charge in [0.1, 0.15) is 0 Å². The van der Waals surface area contributed by atoms with Crippen LogP contribution in [0.4, 0.5) is 11.4 Å². The minimum atomic E-state index is -0.781. The Kier molecular flexibility index (Phi) is 6.95. The van der Waals surface area contributed by atoms with Gasteiger partial charge in [-0.2, -0.15) is 0 Å². The standard InChI is InChI=1S/C30H36N2O2.Al/c1-19-13-23(29(3,4)5)15-21(27(19)33)17-31-25-11-9-10-12-26(25)32-18-22-16-24(30(6,7)8)14-20(2)28(22)34;/h9-18,33-34H,1-8H3;/q;+2/p-2. The first-order valence-corrected chi connectivity index (χ1v) is 13.0. The van der Waals surface area contributed by atoms with Crippen molar-refractivity contribution in [3.8, 4) is 11.5 Å². The van der Waals surface area contributed by atoms with Crippen LogP contribution in [0.1, 0.15) is 74.9 Å². The number of aliphatic imine (C=N–C) groups is 2. The number of nitrogens with zero attached hydrogens (tertiary/aromatic N) is 2. The van der Waals surface area contributed by atoms with Gasteiger partial charge < -0.3 is 7.58 Å². The van der Waals surface area contributed by atoms with E-state index in [-0.39, 0.29) is 10.8 Å². The maximum absolute atomic E-state index is 6.32. The van der Waals surface area contributed by atoms with E-state index in [1.54, 1.807) is 0 Å². The van der Waals surface area contributed by atoms with E-state index in [1.165, 1.54) is 11.1 Å². The van der Waals surface area contributed by atoms with Crippen molar-refractivity contribution in [2.24, 2.45) is 9.98 Å². The second-order valence-electron chi connectivity index (χ2n) is 11.3. The van der Waals surface area contributed by atoms with Crippen LogP contribution in [-0.4, -0.2) is 28.3 Å². The fourth-order valence-corrected chi connectivity index (χ4v) is 4.95. The highest BCUT2D eigenvalue weighted by atomic mass is 27.2. The van der Waals surface area contributed by atoms with Crippen LogP contribution in [-0.2, 0) is 10.8 Å². The Hall–Kier alpha value is -2.87. The van der Waals surface area contributed by atoms with E-state index < -0.39 is 15.9 Å². The van der Waals surface area contributed by atoms with E-state index in [1.807, 2.05) is 36.7 Å². The number of fused-ring (bicyclic) bond motifs is 3. The molecule has 179 valence electrons. The molecule has 1 heterocycles. The SMILES string of the molecule is Cc1cc(C(C)(C)C)cc2c1[O][Al][O]c1c(C)cc(C(C)(C)C)cc1C=Nc1ccccc1N=C2. The van der Waals surface area contributed by atoms with Crippen molar-refractivity contribution in [1.29, 1.82) is 0 Å². The van der Waals surface area contributed by atoms with Crippen LogP contribution < -0.4 is 7.58 Å². The maximum atomic E-state index is 6.32. The minimum Gasteiger partial charge on any atom is -0.615 e. The molecule has 0 unspecified atom stereocenters. The van der Waals surface area contributed by atoms with Crippen LogP contribution in [0.3, 0.4) is 0 Å². The fraction of sp³-hybridized carbons (Fsp3) is 0.333. The lowest BCUT2D eigenvalue weighted by Gasteiger charge is -2.24. The molecule has 1 radical (unpaired) electrons. The van der Waals surface area contributed by atoms with Crippen molar-refractivity contribution in [3.63, 3.8) is 0 Å². The Morgan fingerprint density at radius 2 is 1.03 bits per heavy atom. The minimum absolute atomic E-state index is 0.0150. The van der Waals surface area contributed by atoms with Crippen molar-refractivity contribution in [1.82, 2.24) is 0 Å². The number of hydrogen-bond donors (Lipinski definition) is 0. The van der Waals surface area contributed by atoms with Gasteiger partial charge in [0.05, 0.1) is 22.9 Å². The van der Waals surface area contributed by atoms with Gasteiger partial charge in [-0.1, -0.05) is 65.8 Å². The second kappa shape index (κ2) is 9.65. The molecule has 0 aliphatic carbocycles. The first-order chi connectivity index (χ1) is 16.4. The van der Waals surface area contributed by atoms with E-state index in [0.717, 1.165) is 45.1 Å². The van der Waals surface area contributed by atoms with Gasteiger partial charge in [0, 0.05) is 23.6 Å². The lowest BCUT2D eigenvalue weighted by atomic mass is 9.85. The number of benzene rings is 3. The summed E-state index contributed by atoms with van der Waals surface area (Å²) in [5.74, 6) is 1.64. The van der Waals surface area contributed by atoms with Gasteiger partial charge in [0.25, 0.3) is 0 Å². The summed E-state index contributed by atoms with van der Waals surface area (Å²) in [5, 5.41) is 0. The Morgan fingerprint density at radius 3 is 1.40 bits per heavy atom. The third-order valence-corrected chi connectivity index (χ3v) is 6.90. The van der Waals surface area contributed by atoms with E-state index in [0.29, 0.717) is 0 Å². The Balaban J connectivity index is 1.89. The summed E-state index contributed by atoms with van der Waals surface area (Å²) in [6.45, 7) is 17.5. The first-order valence-electron chi connectivity index (χ1n) is 12.1. The van der Waals surface area contributed by atoms with Crippen LogP contribution >= 0.6 is 0 Å². The van der Waals surface area contributed by atoms with Gasteiger partial charge in [-0.25, -0.2) is 0 Å². The van der Waals surface area contributed by atoms with E-state index >= 15 is 0 Å². The summed E-state index contributed by atoms with van der Waals surface area (Å²) >= 11 is -0.781. The van der Waals surface area contributed by atoms with Gasteiger partial charge in [-0.15, -0.1) is 0 Å². The van der Waals surface area contributed by atoms with Crippen molar-refractivity contribution in [2.75, 3.05) is 0 Å². The Morgan fingerprint density at radius 1 is 0.629 bits per heavy atom. The smallest absolute Gasteiger partial charge is 0.615 e. The summed E-state index contributed by atoms with van der Waals surface area (Å²) in [5.41, 5.74) is 8.19. The highest BCUT2D eigenvalue weighted by molar-refractivity contribution is 6.21. The predicted molar refractivity (Wildman–Crippen MR) is 148 cm³/mol. The van der Waals surface area contributed by atoms with Crippen molar-refractivity contribution >= 4 is 39.7 Å². The highest BCUT2D eigenvalue weighted by Gasteiger charge is 2.22. The average molecular weight is 482 g/mol. The number of para-hydroxylation sites is 2. The van der Waals surface area contributed by atoms with Gasteiger partial charge in [-0.3, -0.25) is 9.98 Å².